The topological polar surface area (TPSA) is 75.6 Å². The second kappa shape index (κ2) is 6.68. The molecule has 2 aromatic heterocycles. The molecule has 0 radical (unpaired) electrons. The second-order valence-electron chi connectivity index (χ2n) is 7.45. The number of aryl methyl sites for hydroxylation is 2. The number of hydrogen-bond acceptors (Lipinski definition) is 3. The van der Waals surface area contributed by atoms with E-state index in [0.29, 0.717) is 5.69 Å². The van der Waals surface area contributed by atoms with Crippen LogP contribution in [0.15, 0.2) is 36.4 Å². The van der Waals surface area contributed by atoms with Crippen LogP contribution < -0.4 is 5.32 Å². The van der Waals surface area contributed by atoms with Crippen molar-refractivity contribution < 1.29 is 4.79 Å². The van der Waals surface area contributed by atoms with Gasteiger partial charge in [0.1, 0.15) is 5.69 Å². The first-order valence-electron chi connectivity index (χ1n) is 9.44. The van der Waals surface area contributed by atoms with Crippen molar-refractivity contribution in [2.24, 2.45) is 7.05 Å². The van der Waals surface area contributed by atoms with E-state index >= 15 is 0 Å². The van der Waals surface area contributed by atoms with E-state index in [2.05, 4.69) is 32.7 Å². The van der Waals surface area contributed by atoms with Gasteiger partial charge in [-0.3, -0.25) is 14.6 Å². The van der Waals surface area contributed by atoms with Gasteiger partial charge < -0.3 is 5.32 Å². The predicted octanol–water partition coefficient (Wildman–Crippen LogP) is 3.63. The molecule has 1 aromatic carbocycles. The molecule has 4 rings (SSSR count). The molecule has 1 fully saturated rings. The molecule has 27 heavy (non-hydrogen) atoms. The average molecular weight is 363 g/mol. The van der Waals surface area contributed by atoms with Gasteiger partial charge in [-0.25, -0.2) is 0 Å². The van der Waals surface area contributed by atoms with Crippen LogP contribution >= 0.6 is 0 Å². The van der Waals surface area contributed by atoms with Crippen molar-refractivity contribution in [3.05, 3.63) is 59.0 Å². The van der Waals surface area contributed by atoms with Crippen molar-refractivity contribution in [3.8, 4) is 11.3 Å². The van der Waals surface area contributed by atoms with E-state index in [1.54, 1.807) is 0 Å². The van der Waals surface area contributed by atoms with Crippen LogP contribution in [0, 0.1) is 13.8 Å². The Hall–Kier alpha value is -2.89. The maximum atomic E-state index is 13.0. The fourth-order valence-corrected chi connectivity index (χ4v) is 4.22. The Bertz CT molecular complexity index is 964. The first-order valence-corrected chi connectivity index (χ1v) is 9.44. The van der Waals surface area contributed by atoms with Crippen molar-refractivity contribution in [3.63, 3.8) is 0 Å². The SMILES string of the molecule is Cc1nn(C)c(C)c1-c1cc(C(=O)NC2(c3ccccc3)CCCC2)[nH]n1. The Balaban J connectivity index is 1.61. The third-order valence-corrected chi connectivity index (χ3v) is 5.72. The van der Waals surface area contributed by atoms with Crippen LogP contribution in [0.1, 0.15) is 53.1 Å². The highest BCUT2D eigenvalue weighted by Gasteiger charge is 2.37. The van der Waals surface area contributed by atoms with Crippen LogP contribution in [0.25, 0.3) is 11.3 Å². The highest BCUT2D eigenvalue weighted by molar-refractivity contribution is 5.94. The lowest BCUT2D eigenvalue weighted by molar-refractivity contribution is 0.0893. The molecule has 0 atom stereocenters. The standard InChI is InChI=1S/C21H25N5O/c1-14-19(15(2)26(3)25-14)17-13-18(24-23-17)20(27)22-21(11-7-8-12-21)16-9-5-4-6-10-16/h4-6,9-10,13H,7-8,11-12H2,1-3H3,(H,22,27)(H,23,24). The van der Waals surface area contributed by atoms with Gasteiger partial charge >= 0.3 is 0 Å². The number of aromatic nitrogens is 4. The molecule has 0 spiro atoms. The van der Waals surface area contributed by atoms with Gasteiger partial charge in [-0.2, -0.15) is 10.2 Å². The van der Waals surface area contributed by atoms with Gasteiger partial charge in [0.05, 0.1) is 16.9 Å². The number of carbonyl (C=O) groups is 1. The third kappa shape index (κ3) is 3.05. The number of benzene rings is 1. The summed E-state index contributed by atoms with van der Waals surface area (Å²) in [6.07, 6.45) is 4.17. The summed E-state index contributed by atoms with van der Waals surface area (Å²) in [7, 11) is 1.91. The fourth-order valence-electron chi connectivity index (χ4n) is 4.22. The number of aromatic amines is 1. The van der Waals surface area contributed by atoms with Crippen LogP contribution in [-0.2, 0) is 12.6 Å². The van der Waals surface area contributed by atoms with Gasteiger partial charge in [0, 0.05) is 18.3 Å². The molecule has 6 nitrogen and oxygen atoms in total. The van der Waals surface area contributed by atoms with Crippen LogP contribution in [0.5, 0.6) is 0 Å². The largest absolute Gasteiger partial charge is 0.341 e. The number of nitrogens with one attached hydrogen (secondary N) is 2. The molecule has 0 unspecified atom stereocenters. The molecule has 140 valence electrons. The molecule has 0 bridgehead atoms. The number of nitrogens with zero attached hydrogens (tertiary/aromatic N) is 3. The third-order valence-electron chi connectivity index (χ3n) is 5.72. The first kappa shape index (κ1) is 17.5. The summed E-state index contributed by atoms with van der Waals surface area (Å²) < 4.78 is 1.84. The van der Waals surface area contributed by atoms with Gasteiger partial charge in [0.15, 0.2) is 0 Å². The second-order valence-corrected chi connectivity index (χ2v) is 7.45. The lowest BCUT2D eigenvalue weighted by Gasteiger charge is -2.30. The minimum atomic E-state index is -0.288. The zero-order valence-corrected chi connectivity index (χ0v) is 16.0. The van der Waals surface area contributed by atoms with E-state index in [1.807, 2.05) is 49.8 Å². The van der Waals surface area contributed by atoms with Crippen molar-refractivity contribution in [2.45, 2.75) is 45.1 Å². The Labute approximate surface area is 159 Å². The van der Waals surface area contributed by atoms with E-state index in [0.717, 1.165) is 48.3 Å². The number of amides is 1. The van der Waals surface area contributed by atoms with E-state index < -0.39 is 0 Å². The number of H-pyrrole nitrogens is 1. The molecule has 1 saturated carbocycles. The normalized spacial score (nSPS) is 15.8. The predicted molar refractivity (Wildman–Crippen MR) is 104 cm³/mol. The summed E-state index contributed by atoms with van der Waals surface area (Å²) in [6, 6.07) is 12.1. The van der Waals surface area contributed by atoms with Crippen molar-refractivity contribution >= 4 is 5.91 Å². The number of carbonyl (C=O) groups excluding carboxylic acids is 1. The Morgan fingerprint density at radius 1 is 1.19 bits per heavy atom. The quantitative estimate of drug-likeness (QED) is 0.743. The smallest absolute Gasteiger partial charge is 0.270 e. The van der Waals surface area contributed by atoms with Crippen LogP contribution in [0.2, 0.25) is 0 Å². The van der Waals surface area contributed by atoms with E-state index in [4.69, 9.17) is 0 Å². The van der Waals surface area contributed by atoms with Crippen molar-refractivity contribution in [1.29, 1.82) is 0 Å². The van der Waals surface area contributed by atoms with Gasteiger partial charge in [-0.15, -0.1) is 0 Å². The molecule has 1 amide bonds. The highest BCUT2D eigenvalue weighted by atomic mass is 16.2. The van der Waals surface area contributed by atoms with Crippen LogP contribution in [-0.4, -0.2) is 25.9 Å². The Kier molecular flexibility index (Phi) is 4.34. The summed E-state index contributed by atoms with van der Waals surface area (Å²) in [6.45, 7) is 3.96. The maximum Gasteiger partial charge on any atom is 0.270 e. The van der Waals surface area contributed by atoms with Crippen LogP contribution in [0.3, 0.4) is 0 Å². The molecular weight excluding hydrogens is 338 g/mol. The van der Waals surface area contributed by atoms with Gasteiger partial charge in [-0.1, -0.05) is 43.2 Å². The Morgan fingerprint density at radius 2 is 1.89 bits per heavy atom. The summed E-state index contributed by atoms with van der Waals surface area (Å²) in [4.78, 5) is 13.0. The number of rotatable bonds is 4. The Morgan fingerprint density at radius 3 is 2.52 bits per heavy atom. The lowest BCUT2D eigenvalue weighted by atomic mass is 9.88. The van der Waals surface area contributed by atoms with Gasteiger partial charge in [-0.05, 0) is 38.3 Å². The highest BCUT2D eigenvalue weighted by Crippen LogP contribution is 2.39. The molecule has 1 aliphatic carbocycles. The minimum Gasteiger partial charge on any atom is -0.341 e. The average Bonchev–Trinajstić information content (AvgIpc) is 3.37. The zero-order chi connectivity index (χ0) is 19.0. The van der Waals surface area contributed by atoms with E-state index in [9.17, 15) is 4.79 Å². The number of hydrogen-bond donors (Lipinski definition) is 2. The zero-order valence-electron chi connectivity index (χ0n) is 16.0. The maximum absolute atomic E-state index is 13.0. The van der Waals surface area contributed by atoms with Gasteiger partial charge in [0.2, 0.25) is 0 Å². The lowest BCUT2D eigenvalue weighted by Crippen LogP contribution is -2.43. The molecule has 6 heteroatoms. The summed E-state index contributed by atoms with van der Waals surface area (Å²) in [5.74, 6) is -0.112. The molecular formula is C21H25N5O. The molecule has 2 heterocycles. The summed E-state index contributed by atoms with van der Waals surface area (Å²) in [5.41, 5.74) is 5.04. The van der Waals surface area contributed by atoms with E-state index in [-0.39, 0.29) is 11.4 Å². The molecule has 2 N–H and O–H groups in total. The van der Waals surface area contributed by atoms with Crippen molar-refractivity contribution in [2.75, 3.05) is 0 Å². The molecule has 1 aliphatic rings. The van der Waals surface area contributed by atoms with Gasteiger partial charge in [0.25, 0.3) is 5.91 Å². The fraction of sp³-hybridized carbons (Fsp3) is 0.381. The summed E-state index contributed by atoms with van der Waals surface area (Å²) >= 11 is 0. The molecule has 3 aromatic rings. The minimum absolute atomic E-state index is 0.112. The first-order chi connectivity index (χ1) is 13.0. The molecule has 0 saturated heterocycles. The van der Waals surface area contributed by atoms with Crippen LogP contribution in [0.4, 0.5) is 0 Å². The van der Waals surface area contributed by atoms with E-state index in [1.165, 1.54) is 5.56 Å². The van der Waals surface area contributed by atoms with Crippen molar-refractivity contribution in [1.82, 2.24) is 25.3 Å². The molecule has 0 aliphatic heterocycles. The summed E-state index contributed by atoms with van der Waals surface area (Å²) in [5, 5.41) is 15.0. The monoisotopic (exact) mass is 363 g/mol.